The molecule has 0 bridgehead atoms. The monoisotopic (exact) mass is 420 g/mol. The minimum atomic E-state index is -0.309. The molecule has 0 aliphatic rings. The first-order chi connectivity index (χ1) is 15.1. The van der Waals surface area contributed by atoms with Gasteiger partial charge in [0.15, 0.2) is 0 Å². The maximum Gasteiger partial charge on any atom is 0.227 e. The molecule has 1 heterocycles. The van der Waals surface area contributed by atoms with E-state index in [0.29, 0.717) is 32.2 Å². The number of rotatable bonds is 11. The summed E-state index contributed by atoms with van der Waals surface area (Å²) < 4.78 is 0. The van der Waals surface area contributed by atoms with Crippen LogP contribution in [0.3, 0.4) is 0 Å². The first-order valence-corrected chi connectivity index (χ1v) is 10.7. The maximum absolute atomic E-state index is 12.4. The number of aliphatic hydroxyl groups is 1. The number of fused-ring (bicyclic) bond motifs is 1. The lowest BCUT2D eigenvalue weighted by Crippen LogP contribution is -2.39. The Balaban J connectivity index is 1.36. The molecule has 6 nitrogen and oxygen atoms in total. The van der Waals surface area contributed by atoms with Gasteiger partial charge in [0.05, 0.1) is 18.6 Å². The molecule has 1 aromatic heterocycles. The van der Waals surface area contributed by atoms with Crippen LogP contribution < -0.4 is 10.6 Å². The summed E-state index contributed by atoms with van der Waals surface area (Å²) in [5, 5.41) is 16.4. The number of hydrogen-bond donors (Lipinski definition) is 4. The summed E-state index contributed by atoms with van der Waals surface area (Å²) in [6, 6.07) is 17.5. The molecule has 1 radical (unpaired) electrons. The fraction of sp³-hybridized carbons (Fsp3) is 0.320. The zero-order valence-corrected chi connectivity index (χ0v) is 17.9. The van der Waals surface area contributed by atoms with Crippen LogP contribution in [-0.2, 0) is 22.4 Å². The average Bonchev–Trinajstić information content (AvgIpc) is 3.19. The van der Waals surface area contributed by atoms with Gasteiger partial charge in [-0.3, -0.25) is 9.59 Å². The summed E-state index contributed by atoms with van der Waals surface area (Å²) in [5.41, 5.74) is 3.22. The van der Waals surface area contributed by atoms with Gasteiger partial charge in [-0.2, -0.15) is 0 Å². The lowest BCUT2D eigenvalue weighted by atomic mass is 10.00. The van der Waals surface area contributed by atoms with Crippen molar-refractivity contribution >= 4 is 22.7 Å². The highest BCUT2D eigenvalue weighted by atomic mass is 16.3. The van der Waals surface area contributed by atoms with Crippen molar-refractivity contribution in [2.75, 3.05) is 13.2 Å². The molecule has 163 valence electrons. The van der Waals surface area contributed by atoms with Gasteiger partial charge in [-0.25, -0.2) is 0 Å². The second-order valence-electron chi connectivity index (χ2n) is 7.81. The molecular formula is C25H30N3O3. The second-order valence-corrected chi connectivity index (χ2v) is 7.81. The van der Waals surface area contributed by atoms with Gasteiger partial charge in [0.2, 0.25) is 11.8 Å². The topological polar surface area (TPSA) is 94.2 Å². The lowest BCUT2D eigenvalue weighted by molar-refractivity contribution is -0.123. The summed E-state index contributed by atoms with van der Waals surface area (Å²) in [6.07, 6.45) is 3.95. The Hall–Kier alpha value is -3.12. The van der Waals surface area contributed by atoms with Crippen molar-refractivity contribution in [2.45, 2.75) is 38.6 Å². The van der Waals surface area contributed by atoms with Gasteiger partial charge in [0, 0.05) is 30.1 Å². The van der Waals surface area contributed by atoms with Crippen molar-refractivity contribution in [1.82, 2.24) is 15.6 Å². The number of para-hydroxylation sites is 1. The minimum absolute atomic E-state index is 0.0944. The third-order valence-corrected chi connectivity index (χ3v) is 5.29. The summed E-state index contributed by atoms with van der Waals surface area (Å²) in [4.78, 5) is 27.8. The number of aromatic amines is 1. The number of hydrogen-bond acceptors (Lipinski definition) is 3. The molecule has 31 heavy (non-hydrogen) atoms. The molecule has 3 aromatic rings. The summed E-state index contributed by atoms with van der Waals surface area (Å²) in [6.45, 7) is 2.15. The van der Waals surface area contributed by atoms with Crippen LogP contribution in [0.15, 0.2) is 60.8 Å². The molecule has 1 unspecified atom stereocenters. The van der Waals surface area contributed by atoms with Crippen LogP contribution in [0.2, 0.25) is 0 Å². The zero-order chi connectivity index (χ0) is 22.1. The SMILES string of the molecule is C[C](Cc1c[nH]c2ccccc12)C(=O)NCCCC(=O)NC(CO)Cc1ccccc1. The molecule has 0 saturated heterocycles. The van der Waals surface area contributed by atoms with Gasteiger partial charge >= 0.3 is 0 Å². The normalized spacial score (nSPS) is 12.1. The number of benzene rings is 2. The Kier molecular flexibility index (Phi) is 8.24. The summed E-state index contributed by atoms with van der Waals surface area (Å²) >= 11 is 0. The number of amides is 2. The Morgan fingerprint density at radius 2 is 1.81 bits per heavy atom. The molecule has 2 amide bonds. The highest BCUT2D eigenvalue weighted by Crippen LogP contribution is 2.21. The molecule has 3 rings (SSSR count). The number of carbonyl (C=O) groups is 2. The number of nitrogens with one attached hydrogen (secondary N) is 3. The van der Waals surface area contributed by atoms with E-state index in [4.69, 9.17) is 0 Å². The molecule has 2 aromatic carbocycles. The number of aromatic nitrogens is 1. The van der Waals surface area contributed by atoms with E-state index >= 15 is 0 Å². The molecular weight excluding hydrogens is 390 g/mol. The van der Waals surface area contributed by atoms with Gasteiger partial charge in [-0.05, 0) is 43.4 Å². The number of aliphatic hydroxyl groups excluding tert-OH is 1. The van der Waals surface area contributed by atoms with E-state index < -0.39 is 0 Å². The van der Waals surface area contributed by atoms with Gasteiger partial charge in [0.1, 0.15) is 0 Å². The van der Waals surface area contributed by atoms with E-state index in [1.165, 1.54) is 0 Å². The van der Waals surface area contributed by atoms with Crippen molar-refractivity contribution in [3.8, 4) is 0 Å². The number of H-pyrrole nitrogens is 1. The smallest absolute Gasteiger partial charge is 0.227 e. The van der Waals surface area contributed by atoms with Crippen LogP contribution in [0.4, 0.5) is 0 Å². The van der Waals surface area contributed by atoms with Crippen molar-refractivity contribution in [3.63, 3.8) is 0 Å². The fourth-order valence-electron chi connectivity index (χ4n) is 3.61. The van der Waals surface area contributed by atoms with Crippen LogP contribution in [-0.4, -0.2) is 41.1 Å². The molecule has 0 fully saturated rings. The fourth-order valence-corrected chi connectivity index (χ4v) is 3.61. The molecule has 4 N–H and O–H groups in total. The van der Waals surface area contributed by atoms with Gasteiger partial charge in [-0.1, -0.05) is 48.5 Å². The molecule has 0 aliphatic carbocycles. The summed E-state index contributed by atoms with van der Waals surface area (Å²) in [7, 11) is 0. The predicted molar refractivity (Wildman–Crippen MR) is 122 cm³/mol. The second kappa shape index (κ2) is 11.3. The third kappa shape index (κ3) is 6.69. The Labute approximate surface area is 183 Å². The average molecular weight is 421 g/mol. The predicted octanol–water partition coefficient (Wildman–Crippen LogP) is 2.92. The molecule has 0 spiro atoms. The van der Waals surface area contributed by atoms with Crippen LogP contribution in [0, 0.1) is 5.92 Å². The van der Waals surface area contributed by atoms with E-state index in [-0.39, 0.29) is 24.5 Å². The minimum Gasteiger partial charge on any atom is -0.394 e. The van der Waals surface area contributed by atoms with Crippen molar-refractivity contribution in [3.05, 3.63) is 77.8 Å². The van der Waals surface area contributed by atoms with Crippen LogP contribution in [0.25, 0.3) is 10.9 Å². The quantitative estimate of drug-likeness (QED) is 0.359. The molecule has 6 heteroatoms. The highest BCUT2D eigenvalue weighted by molar-refractivity contribution is 5.91. The van der Waals surface area contributed by atoms with Crippen molar-refractivity contribution in [1.29, 1.82) is 0 Å². The highest BCUT2D eigenvalue weighted by Gasteiger charge is 2.17. The van der Waals surface area contributed by atoms with Gasteiger partial charge in [-0.15, -0.1) is 0 Å². The first kappa shape index (κ1) is 22.6. The standard InChI is InChI=1S/C25H30N3O3/c1-18(14-20-16-27-23-11-6-5-10-22(20)23)25(31)26-13-7-12-24(30)28-21(17-29)15-19-8-3-2-4-9-19/h2-6,8-11,16,21,27,29H,7,12-15,17H2,1H3,(H,26,31)(H,28,30). The maximum atomic E-state index is 12.4. The summed E-state index contributed by atoms with van der Waals surface area (Å²) in [5.74, 6) is 0.518. The van der Waals surface area contributed by atoms with Gasteiger partial charge < -0.3 is 20.7 Å². The van der Waals surface area contributed by atoms with Crippen molar-refractivity contribution < 1.29 is 14.7 Å². The van der Waals surface area contributed by atoms with Crippen LogP contribution in [0.1, 0.15) is 30.9 Å². The van der Waals surface area contributed by atoms with E-state index in [0.717, 1.165) is 27.9 Å². The van der Waals surface area contributed by atoms with E-state index in [9.17, 15) is 14.7 Å². The Morgan fingerprint density at radius 1 is 1.06 bits per heavy atom. The molecule has 1 atom stereocenters. The Bertz CT molecular complexity index is 984. The Morgan fingerprint density at radius 3 is 2.58 bits per heavy atom. The van der Waals surface area contributed by atoms with E-state index in [1.807, 2.05) is 67.7 Å². The van der Waals surface area contributed by atoms with E-state index in [1.54, 1.807) is 0 Å². The lowest BCUT2D eigenvalue weighted by Gasteiger charge is -2.16. The van der Waals surface area contributed by atoms with E-state index in [2.05, 4.69) is 15.6 Å². The van der Waals surface area contributed by atoms with Crippen LogP contribution >= 0.6 is 0 Å². The zero-order valence-electron chi connectivity index (χ0n) is 17.9. The van der Waals surface area contributed by atoms with Crippen molar-refractivity contribution in [2.24, 2.45) is 0 Å². The number of carbonyl (C=O) groups excluding carboxylic acids is 2. The largest absolute Gasteiger partial charge is 0.394 e. The van der Waals surface area contributed by atoms with Crippen LogP contribution in [0.5, 0.6) is 0 Å². The molecule has 0 saturated carbocycles. The first-order valence-electron chi connectivity index (χ1n) is 10.7. The molecule has 0 aliphatic heterocycles. The third-order valence-electron chi connectivity index (χ3n) is 5.29. The van der Waals surface area contributed by atoms with Gasteiger partial charge in [0.25, 0.3) is 0 Å².